The number of nitrogens with one attached hydrogen (secondary N) is 3. The lowest BCUT2D eigenvalue weighted by molar-refractivity contribution is 0.581. The number of aromatic nitrogens is 2. The Bertz CT molecular complexity index is 770. The molecule has 0 bridgehead atoms. The highest BCUT2D eigenvalue weighted by atomic mass is 32.2. The van der Waals surface area contributed by atoms with Crippen molar-refractivity contribution in [2.75, 3.05) is 24.2 Å². The van der Waals surface area contributed by atoms with Crippen LogP contribution in [0.1, 0.15) is 13.3 Å². The van der Waals surface area contributed by atoms with Crippen molar-refractivity contribution < 1.29 is 8.42 Å². The molecule has 0 saturated heterocycles. The standard InChI is InChI=1S/C13H18N4O3S/c1-2-21(19,20)15-9-5-8-14-13-16-11-7-4-3-6-10(11)12(18)17-13/h3-4,6-7,15H,2,5,8-9H2,1H3,(H2,14,16,17,18). The van der Waals surface area contributed by atoms with Crippen LogP contribution in [0.2, 0.25) is 0 Å². The molecule has 0 aliphatic heterocycles. The van der Waals surface area contributed by atoms with Crippen LogP contribution in [0.25, 0.3) is 10.9 Å². The van der Waals surface area contributed by atoms with Crippen LogP contribution in [0.5, 0.6) is 0 Å². The predicted octanol–water partition coefficient (Wildman–Crippen LogP) is 0.664. The van der Waals surface area contributed by atoms with Crippen LogP contribution >= 0.6 is 0 Å². The molecule has 8 heteroatoms. The molecule has 1 heterocycles. The fourth-order valence-corrected chi connectivity index (χ4v) is 2.45. The van der Waals surface area contributed by atoms with Crippen molar-refractivity contribution in [1.82, 2.24) is 14.7 Å². The molecule has 21 heavy (non-hydrogen) atoms. The lowest BCUT2D eigenvalue weighted by Gasteiger charge is -2.07. The summed E-state index contributed by atoms with van der Waals surface area (Å²) in [5, 5.41) is 3.52. The van der Waals surface area contributed by atoms with Crippen LogP contribution in [-0.4, -0.2) is 37.2 Å². The van der Waals surface area contributed by atoms with Crippen LogP contribution in [0.4, 0.5) is 5.95 Å². The van der Waals surface area contributed by atoms with E-state index in [2.05, 4.69) is 20.0 Å². The SMILES string of the molecule is CCS(=O)(=O)NCCCNc1nc2ccccc2c(=O)[nH]1. The second kappa shape index (κ2) is 6.68. The van der Waals surface area contributed by atoms with Crippen molar-refractivity contribution >= 4 is 26.9 Å². The number of fused-ring (bicyclic) bond motifs is 1. The molecule has 0 aliphatic rings. The fourth-order valence-electron chi connectivity index (χ4n) is 1.80. The average Bonchev–Trinajstić information content (AvgIpc) is 2.47. The first-order chi connectivity index (χ1) is 10.0. The third kappa shape index (κ3) is 4.27. The Morgan fingerprint density at radius 1 is 1.24 bits per heavy atom. The number of sulfonamides is 1. The largest absolute Gasteiger partial charge is 0.356 e. The van der Waals surface area contributed by atoms with Gasteiger partial charge in [-0.1, -0.05) is 12.1 Å². The molecule has 0 aliphatic carbocycles. The number of nitrogens with zero attached hydrogens (tertiary/aromatic N) is 1. The van der Waals surface area contributed by atoms with E-state index in [0.29, 0.717) is 36.4 Å². The molecule has 1 aromatic heterocycles. The molecule has 7 nitrogen and oxygen atoms in total. The van der Waals surface area contributed by atoms with Gasteiger partial charge in [0.05, 0.1) is 16.7 Å². The van der Waals surface area contributed by atoms with Gasteiger partial charge in [-0.05, 0) is 25.5 Å². The highest BCUT2D eigenvalue weighted by Crippen LogP contribution is 2.07. The maximum absolute atomic E-state index is 11.8. The molecular formula is C13H18N4O3S. The molecule has 0 spiro atoms. The first kappa shape index (κ1) is 15.5. The second-order valence-electron chi connectivity index (χ2n) is 4.51. The highest BCUT2D eigenvalue weighted by Gasteiger charge is 2.05. The van der Waals surface area contributed by atoms with E-state index in [4.69, 9.17) is 0 Å². The monoisotopic (exact) mass is 310 g/mol. The lowest BCUT2D eigenvalue weighted by Crippen LogP contribution is -2.27. The summed E-state index contributed by atoms with van der Waals surface area (Å²) in [4.78, 5) is 18.8. The van der Waals surface area contributed by atoms with Crippen LogP contribution in [0.15, 0.2) is 29.1 Å². The van der Waals surface area contributed by atoms with Gasteiger partial charge in [-0.15, -0.1) is 0 Å². The molecule has 0 fully saturated rings. The molecule has 0 amide bonds. The third-order valence-corrected chi connectivity index (χ3v) is 4.36. The number of rotatable bonds is 7. The maximum atomic E-state index is 11.8. The van der Waals surface area contributed by atoms with Crippen LogP contribution in [0.3, 0.4) is 0 Å². The first-order valence-electron chi connectivity index (χ1n) is 6.72. The van der Waals surface area contributed by atoms with E-state index in [0.717, 1.165) is 0 Å². The summed E-state index contributed by atoms with van der Waals surface area (Å²) in [6, 6.07) is 7.08. The number of H-pyrrole nitrogens is 1. The Morgan fingerprint density at radius 2 is 2.00 bits per heavy atom. The number of hydrogen-bond donors (Lipinski definition) is 3. The zero-order valence-corrected chi connectivity index (χ0v) is 12.5. The molecule has 3 N–H and O–H groups in total. The lowest BCUT2D eigenvalue weighted by atomic mass is 10.2. The zero-order valence-electron chi connectivity index (χ0n) is 11.7. The summed E-state index contributed by atoms with van der Waals surface area (Å²) >= 11 is 0. The molecule has 114 valence electrons. The molecule has 1 aromatic carbocycles. The Hall–Kier alpha value is -1.93. The summed E-state index contributed by atoms with van der Waals surface area (Å²) in [6.45, 7) is 2.44. The summed E-state index contributed by atoms with van der Waals surface area (Å²) in [5.74, 6) is 0.456. The molecule has 0 unspecified atom stereocenters. The smallest absolute Gasteiger partial charge is 0.260 e. The topological polar surface area (TPSA) is 104 Å². The van der Waals surface area contributed by atoms with Crippen molar-refractivity contribution in [1.29, 1.82) is 0 Å². The number of para-hydroxylation sites is 1. The molecule has 2 rings (SSSR count). The van der Waals surface area contributed by atoms with E-state index >= 15 is 0 Å². The van der Waals surface area contributed by atoms with Gasteiger partial charge in [-0.3, -0.25) is 9.78 Å². The van der Waals surface area contributed by atoms with Crippen molar-refractivity contribution in [2.45, 2.75) is 13.3 Å². The molecule has 0 saturated carbocycles. The Kier molecular flexibility index (Phi) is 4.92. The number of hydrogen-bond acceptors (Lipinski definition) is 5. The summed E-state index contributed by atoms with van der Waals surface area (Å²) in [6.07, 6.45) is 0.593. The van der Waals surface area contributed by atoms with Crippen LogP contribution < -0.4 is 15.6 Å². The summed E-state index contributed by atoms with van der Waals surface area (Å²) < 4.78 is 24.9. The Balaban J connectivity index is 1.91. The first-order valence-corrected chi connectivity index (χ1v) is 8.37. The van der Waals surface area contributed by atoms with E-state index in [-0.39, 0.29) is 11.3 Å². The number of anilines is 1. The zero-order chi connectivity index (χ0) is 15.3. The van der Waals surface area contributed by atoms with Crippen molar-refractivity contribution in [2.24, 2.45) is 0 Å². The van der Waals surface area contributed by atoms with E-state index < -0.39 is 10.0 Å². The van der Waals surface area contributed by atoms with Crippen LogP contribution in [-0.2, 0) is 10.0 Å². The summed E-state index contributed by atoms with van der Waals surface area (Å²) in [7, 11) is -3.15. The van der Waals surface area contributed by atoms with Gasteiger partial charge in [0.15, 0.2) is 0 Å². The average molecular weight is 310 g/mol. The Labute approximate surface area is 122 Å². The minimum Gasteiger partial charge on any atom is -0.356 e. The van der Waals surface area contributed by atoms with Gasteiger partial charge in [0.2, 0.25) is 16.0 Å². The Morgan fingerprint density at radius 3 is 2.76 bits per heavy atom. The van der Waals surface area contributed by atoms with Gasteiger partial charge >= 0.3 is 0 Å². The van der Waals surface area contributed by atoms with Gasteiger partial charge < -0.3 is 5.32 Å². The predicted molar refractivity (Wildman–Crippen MR) is 82.9 cm³/mol. The van der Waals surface area contributed by atoms with E-state index in [1.165, 1.54) is 0 Å². The molecule has 2 aromatic rings. The number of aromatic amines is 1. The third-order valence-electron chi connectivity index (χ3n) is 2.96. The van der Waals surface area contributed by atoms with Gasteiger partial charge in [-0.25, -0.2) is 18.1 Å². The molecular weight excluding hydrogens is 292 g/mol. The minimum absolute atomic E-state index is 0.0694. The fraction of sp³-hybridized carbons (Fsp3) is 0.385. The van der Waals surface area contributed by atoms with Crippen molar-refractivity contribution in [3.8, 4) is 0 Å². The van der Waals surface area contributed by atoms with Crippen molar-refractivity contribution in [3.05, 3.63) is 34.6 Å². The second-order valence-corrected chi connectivity index (χ2v) is 6.61. The van der Waals surface area contributed by atoms with E-state index in [1.807, 2.05) is 6.07 Å². The van der Waals surface area contributed by atoms with Gasteiger partial charge in [0.1, 0.15) is 0 Å². The van der Waals surface area contributed by atoms with E-state index in [1.54, 1.807) is 25.1 Å². The highest BCUT2D eigenvalue weighted by molar-refractivity contribution is 7.89. The number of benzene rings is 1. The quantitative estimate of drug-likeness (QED) is 0.652. The van der Waals surface area contributed by atoms with Crippen molar-refractivity contribution in [3.63, 3.8) is 0 Å². The van der Waals surface area contributed by atoms with E-state index in [9.17, 15) is 13.2 Å². The normalized spacial score (nSPS) is 11.7. The molecule has 0 radical (unpaired) electrons. The minimum atomic E-state index is -3.15. The molecule has 0 atom stereocenters. The van der Waals surface area contributed by atoms with Gasteiger partial charge in [0.25, 0.3) is 5.56 Å². The maximum Gasteiger partial charge on any atom is 0.260 e. The summed E-state index contributed by atoms with van der Waals surface area (Å²) in [5.41, 5.74) is 0.422. The van der Waals surface area contributed by atoms with Crippen LogP contribution in [0, 0.1) is 0 Å². The van der Waals surface area contributed by atoms with Gasteiger partial charge in [-0.2, -0.15) is 0 Å². The van der Waals surface area contributed by atoms with Gasteiger partial charge in [0, 0.05) is 13.1 Å².